The van der Waals surface area contributed by atoms with Crippen LogP contribution in [0, 0.1) is 5.82 Å². The lowest BCUT2D eigenvalue weighted by molar-refractivity contribution is -0.115. The van der Waals surface area contributed by atoms with E-state index in [0.29, 0.717) is 23.0 Å². The molecule has 0 spiro atoms. The molecule has 1 aromatic carbocycles. The minimum atomic E-state index is -0.374. The molecular formula is C16H15FN4OS2. The van der Waals surface area contributed by atoms with Crippen molar-refractivity contribution in [3.63, 3.8) is 0 Å². The van der Waals surface area contributed by atoms with Crippen LogP contribution in [0.4, 0.5) is 10.1 Å². The third-order valence-corrected chi connectivity index (χ3v) is 4.83. The van der Waals surface area contributed by atoms with E-state index in [1.54, 1.807) is 23.5 Å². The van der Waals surface area contributed by atoms with Crippen LogP contribution in [-0.2, 0) is 11.2 Å². The Morgan fingerprint density at radius 2 is 2.25 bits per heavy atom. The number of halogens is 1. The number of nitrogens with zero attached hydrogens (tertiary/aromatic N) is 2. The standard InChI is InChI=1S/C16H15FN4OS2/c17-11-3-1-4-12(9-11)18-15(22)6-8-24-16-19-14(20-21-16)10-13-5-2-7-23-13/h1-5,7,9H,6,8,10H2,(H,18,22)(H,19,20,21). The number of aromatic nitrogens is 3. The zero-order valence-corrected chi connectivity index (χ0v) is 14.3. The molecule has 24 heavy (non-hydrogen) atoms. The van der Waals surface area contributed by atoms with Gasteiger partial charge < -0.3 is 5.32 Å². The topological polar surface area (TPSA) is 70.7 Å². The van der Waals surface area contributed by atoms with Crippen LogP contribution in [0.25, 0.3) is 0 Å². The third kappa shape index (κ3) is 4.90. The molecule has 124 valence electrons. The van der Waals surface area contributed by atoms with Crippen molar-refractivity contribution in [3.05, 3.63) is 58.3 Å². The summed E-state index contributed by atoms with van der Waals surface area (Å²) in [5.41, 5.74) is 0.459. The van der Waals surface area contributed by atoms with Gasteiger partial charge in [-0.25, -0.2) is 9.37 Å². The van der Waals surface area contributed by atoms with Crippen molar-refractivity contribution >= 4 is 34.7 Å². The van der Waals surface area contributed by atoms with E-state index in [9.17, 15) is 9.18 Å². The molecule has 0 atom stereocenters. The summed E-state index contributed by atoms with van der Waals surface area (Å²) in [6.45, 7) is 0. The Hall–Kier alpha value is -2.19. The Bertz CT molecular complexity index is 804. The average molecular weight is 362 g/mol. The largest absolute Gasteiger partial charge is 0.326 e. The van der Waals surface area contributed by atoms with Crippen molar-refractivity contribution in [3.8, 4) is 0 Å². The number of rotatable bonds is 7. The van der Waals surface area contributed by atoms with Crippen LogP contribution >= 0.6 is 23.1 Å². The SMILES string of the molecule is O=C(CCSc1n[nH]c(Cc2cccs2)n1)Nc1cccc(F)c1. The Balaban J connectivity index is 1.43. The summed E-state index contributed by atoms with van der Waals surface area (Å²) in [4.78, 5) is 17.5. The average Bonchev–Trinajstić information content (AvgIpc) is 3.20. The van der Waals surface area contributed by atoms with Gasteiger partial charge in [-0.1, -0.05) is 23.9 Å². The molecule has 3 aromatic rings. The van der Waals surface area contributed by atoms with Gasteiger partial charge in [-0.3, -0.25) is 9.89 Å². The predicted molar refractivity (Wildman–Crippen MR) is 93.9 cm³/mol. The smallest absolute Gasteiger partial charge is 0.225 e. The number of hydrogen-bond acceptors (Lipinski definition) is 5. The highest BCUT2D eigenvalue weighted by Gasteiger charge is 2.08. The summed E-state index contributed by atoms with van der Waals surface area (Å²) in [5, 5.41) is 12.4. The Labute approximate surface area is 146 Å². The lowest BCUT2D eigenvalue weighted by Gasteiger charge is -2.04. The van der Waals surface area contributed by atoms with E-state index in [1.807, 2.05) is 11.4 Å². The van der Waals surface area contributed by atoms with Gasteiger partial charge in [0.2, 0.25) is 11.1 Å². The van der Waals surface area contributed by atoms with E-state index >= 15 is 0 Å². The van der Waals surface area contributed by atoms with Gasteiger partial charge in [0.15, 0.2) is 0 Å². The lowest BCUT2D eigenvalue weighted by atomic mass is 10.3. The molecule has 3 rings (SSSR count). The van der Waals surface area contributed by atoms with Gasteiger partial charge in [-0.2, -0.15) is 0 Å². The molecule has 8 heteroatoms. The van der Waals surface area contributed by atoms with Crippen LogP contribution in [0.2, 0.25) is 0 Å². The van der Waals surface area contributed by atoms with Gasteiger partial charge in [0, 0.05) is 29.2 Å². The molecule has 0 saturated carbocycles. The molecule has 0 fully saturated rings. The molecule has 0 aliphatic heterocycles. The fourth-order valence-corrected chi connectivity index (χ4v) is 3.49. The predicted octanol–water partition coefficient (Wildman–Crippen LogP) is 3.72. The van der Waals surface area contributed by atoms with Crippen LogP contribution in [0.15, 0.2) is 46.9 Å². The highest BCUT2D eigenvalue weighted by molar-refractivity contribution is 7.99. The molecule has 2 N–H and O–H groups in total. The van der Waals surface area contributed by atoms with Crippen molar-refractivity contribution in [2.75, 3.05) is 11.1 Å². The number of anilines is 1. The number of aromatic amines is 1. The van der Waals surface area contributed by atoms with Crippen molar-refractivity contribution in [2.24, 2.45) is 0 Å². The van der Waals surface area contributed by atoms with E-state index in [1.165, 1.54) is 28.8 Å². The minimum Gasteiger partial charge on any atom is -0.326 e. The summed E-state index contributed by atoms with van der Waals surface area (Å²) < 4.78 is 13.1. The molecule has 1 amide bonds. The van der Waals surface area contributed by atoms with Crippen molar-refractivity contribution in [1.82, 2.24) is 15.2 Å². The first-order chi connectivity index (χ1) is 11.7. The number of benzene rings is 1. The number of thioether (sulfide) groups is 1. The summed E-state index contributed by atoms with van der Waals surface area (Å²) in [6.07, 6.45) is 1.03. The lowest BCUT2D eigenvalue weighted by Crippen LogP contribution is -2.12. The van der Waals surface area contributed by atoms with Gasteiger partial charge in [0.25, 0.3) is 0 Å². The van der Waals surface area contributed by atoms with Gasteiger partial charge in [0.05, 0.1) is 0 Å². The van der Waals surface area contributed by atoms with Gasteiger partial charge in [-0.15, -0.1) is 16.4 Å². The van der Waals surface area contributed by atoms with Crippen molar-refractivity contribution in [1.29, 1.82) is 0 Å². The second-order valence-corrected chi connectivity index (χ2v) is 7.07. The Morgan fingerprint density at radius 3 is 3.04 bits per heavy atom. The number of hydrogen-bond donors (Lipinski definition) is 2. The van der Waals surface area contributed by atoms with E-state index in [2.05, 4.69) is 26.6 Å². The zero-order chi connectivity index (χ0) is 16.8. The van der Waals surface area contributed by atoms with Crippen LogP contribution in [0.1, 0.15) is 17.1 Å². The van der Waals surface area contributed by atoms with Crippen LogP contribution in [0.5, 0.6) is 0 Å². The number of carbonyl (C=O) groups excluding carboxylic acids is 1. The number of H-pyrrole nitrogens is 1. The second-order valence-electron chi connectivity index (χ2n) is 4.98. The number of carbonyl (C=O) groups is 1. The molecule has 0 aliphatic rings. The first kappa shape index (κ1) is 16.7. The zero-order valence-electron chi connectivity index (χ0n) is 12.7. The monoisotopic (exact) mass is 362 g/mol. The normalized spacial score (nSPS) is 10.7. The molecular weight excluding hydrogens is 347 g/mol. The van der Waals surface area contributed by atoms with Crippen LogP contribution < -0.4 is 5.32 Å². The maximum absolute atomic E-state index is 13.1. The number of thiophene rings is 1. The Kier molecular flexibility index (Phi) is 5.60. The van der Waals surface area contributed by atoms with E-state index in [4.69, 9.17) is 0 Å². The molecule has 0 saturated heterocycles. The highest BCUT2D eigenvalue weighted by Crippen LogP contribution is 2.17. The van der Waals surface area contributed by atoms with Gasteiger partial charge >= 0.3 is 0 Å². The molecule has 0 aliphatic carbocycles. The second kappa shape index (κ2) is 8.07. The molecule has 0 radical (unpaired) electrons. The van der Waals surface area contributed by atoms with Gasteiger partial charge in [0.1, 0.15) is 11.6 Å². The quantitative estimate of drug-likeness (QED) is 0.629. The minimum absolute atomic E-state index is 0.164. The maximum atomic E-state index is 13.1. The summed E-state index contributed by atoms with van der Waals surface area (Å²) in [5.74, 6) is 0.824. The summed E-state index contributed by atoms with van der Waals surface area (Å²) in [7, 11) is 0. The number of amides is 1. The first-order valence-electron chi connectivity index (χ1n) is 7.31. The highest BCUT2D eigenvalue weighted by atomic mass is 32.2. The van der Waals surface area contributed by atoms with E-state index < -0.39 is 0 Å². The fraction of sp³-hybridized carbons (Fsp3) is 0.188. The van der Waals surface area contributed by atoms with E-state index in [-0.39, 0.29) is 11.7 Å². The number of nitrogens with one attached hydrogen (secondary N) is 2. The van der Waals surface area contributed by atoms with E-state index in [0.717, 1.165) is 12.2 Å². The Morgan fingerprint density at radius 1 is 1.33 bits per heavy atom. The van der Waals surface area contributed by atoms with Crippen molar-refractivity contribution < 1.29 is 9.18 Å². The first-order valence-corrected chi connectivity index (χ1v) is 9.17. The van der Waals surface area contributed by atoms with Crippen molar-refractivity contribution in [2.45, 2.75) is 18.0 Å². The maximum Gasteiger partial charge on any atom is 0.225 e. The summed E-state index contributed by atoms with van der Waals surface area (Å²) in [6, 6.07) is 9.89. The molecule has 0 unspecified atom stereocenters. The molecule has 5 nitrogen and oxygen atoms in total. The third-order valence-electron chi connectivity index (χ3n) is 3.10. The molecule has 0 bridgehead atoms. The fourth-order valence-electron chi connectivity index (χ4n) is 2.02. The molecule has 2 aromatic heterocycles. The molecule has 2 heterocycles. The van der Waals surface area contributed by atoms with Gasteiger partial charge in [-0.05, 0) is 29.6 Å². The summed E-state index contributed by atoms with van der Waals surface area (Å²) >= 11 is 3.09. The van der Waals surface area contributed by atoms with Crippen LogP contribution in [0.3, 0.4) is 0 Å². The van der Waals surface area contributed by atoms with Crippen LogP contribution in [-0.4, -0.2) is 26.8 Å².